The largest absolute Gasteiger partial charge is 0.492 e. The van der Waals surface area contributed by atoms with E-state index in [2.05, 4.69) is 10.0 Å². The average molecular weight is 395 g/mol. The number of ether oxygens (including phenoxy) is 1. The fourth-order valence-electron chi connectivity index (χ4n) is 1.98. The Morgan fingerprint density at radius 1 is 1.12 bits per heavy atom. The molecule has 2 aromatic carbocycles. The normalized spacial score (nSPS) is 11.5. The van der Waals surface area contributed by atoms with Crippen LogP contribution in [0.1, 0.15) is 5.56 Å². The number of hydrogen-bond acceptors (Lipinski definition) is 4. The summed E-state index contributed by atoms with van der Waals surface area (Å²) < 4.78 is 31.0. The van der Waals surface area contributed by atoms with Crippen molar-refractivity contribution in [2.45, 2.75) is 4.90 Å². The van der Waals surface area contributed by atoms with Crippen molar-refractivity contribution in [1.29, 1.82) is 0 Å². The van der Waals surface area contributed by atoms with Crippen LogP contribution in [-0.2, 0) is 14.8 Å². The number of nitrogens with one attached hydrogen (secondary N) is 2. The van der Waals surface area contributed by atoms with E-state index in [1.165, 1.54) is 25.3 Å². The van der Waals surface area contributed by atoms with Crippen molar-refractivity contribution in [3.8, 4) is 5.75 Å². The van der Waals surface area contributed by atoms with Gasteiger partial charge in [-0.2, -0.15) is 0 Å². The number of carbonyl (C=O) groups excluding carboxylic acids is 1. The van der Waals surface area contributed by atoms with E-state index >= 15 is 0 Å². The van der Waals surface area contributed by atoms with E-state index in [-0.39, 0.29) is 10.8 Å². The molecule has 26 heavy (non-hydrogen) atoms. The highest BCUT2D eigenvalue weighted by molar-refractivity contribution is 7.89. The molecule has 0 saturated carbocycles. The van der Waals surface area contributed by atoms with E-state index in [1.54, 1.807) is 42.5 Å². The van der Waals surface area contributed by atoms with Crippen molar-refractivity contribution in [2.75, 3.05) is 20.2 Å². The topological polar surface area (TPSA) is 84.5 Å². The molecule has 0 spiro atoms. The lowest BCUT2D eigenvalue weighted by atomic mass is 10.2. The summed E-state index contributed by atoms with van der Waals surface area (Å²) in [6.45, 7) is 0.683. The lowest BCUT2D eigenvalue weighted by Crippen LogP contribution is -2.26. The van der Waals surface area contributed by atoms with E-state index in [1.807, 2.05) is 0 Å². The van der Waals surface area contributed by atoms with Crippen molar-refractivity contribution < 1.29 is 17.9 Å². The van der Waals surface area contributed by atoms with Gasteiger partial charge in [0, 0.05) is 11.1 Å². The standard InChI is InChI=1S/C18H19ClN2O4S/c1-20-26(23,24)17-9-2-14(3-10-17)4-11-18(22)21-12-13-25-16-7-5-15(19)6-8-16/h2-11,20H,12-13H2,1H3,(H,21,22)/b11-4+. The number of rotatable bonds is 8. The maximum atomic E-state index is 11.8. The second-order valence-electron chi connectivity index (χ2n) is 5.20. The van der Waals surface area contributed by atoms with E-state index in [4.69, 9.17) is 16.3 Å². The zero-order valence-corrected chi connectivity index (χ0v) is 15.7. The molecule has 0 unspecified atom stereocenters. The number of sulfonamides is 1. The van der Waals surface area contributed by atoms with Crippen molar-refractivity contribution >= 4 is 33.6 Å². The van der Waals surface area contributed by atoms with Gasteiger partial charge in [0.25, 0.3) is 0 Å². The lowest BCUT2D eigenvalue weighted by molar-refractivity contribution is -0.116. The monoisotopic (exact) mass is 394 g/mol. The lowest BCUT2D eigenvalue weighted by Gasteiger charge is -2.06. The molecule has 8 heteroatoms. The third-order valence-corrected chi connectivity index (χ3v) is 5.05. The Hall–Kier alpha value is -2.35. The van der Waals surface area contributed by atoms with Gasteiger partial charge in [0.1, 0.15) is 12.4 Å². The summed E-state index contributed by atoms with van der Waals surface area (Å²) in [6.07, 6.45) is 2.98. The van der Waals surface area contributed by atoms with Crippen LogP contribution in [0, 0.1) is 0 Å². The minimum atomic E-state index is -3.46. The van der Waals surface area contributed by atoms with E-state index in [0.29, 0.717) is 29.5 Å². The molecule has 0 atom stereocenters. The molecule has 2 aromatic rings. The van der Waals surface area contributed by atoms with E-state index in [9.17, 15) is 13.2 Å². The van der Waals surface area contributed by atoms with Crippen LogP contribution in [0.4, 0.5) is 0 Å². The van der Waals surface area contributed by atoms with Crippen LogP contribution in [0.25, 0.3) is 6.08 Å². The summed E-state index contributed by atoms with van der Waals surface area (Å²) in [5.41, 5.74) is 0.715. The molecular weight excluding hydrogens is 376 g/mol. The summed E-state index contributed by atoms with van der Waals surface area (Å²) in [4.78, 5) is 11.9. The SMILES string of the molecule is CNS(=O)(=O)c1ccc(/C=C/C(=O)NCCOc2ccc(Cl)cc2)cc1. The smallest absolute Gasteiger partial charge is 0.244 e. The van der Waals surface area contributed by atoms with Crippen LogP contribution in [0.15, 0.2) is 59.5 Å². The van der Waals surface area contributed by atoms with Crippen LogP contribution in [-0.4, -0.2) is 34.5 Å². The number of carbonyl (C=O) groups is 1. The molecule has 0 bridgehead atoms. The molecule has 0 aliphatic rings. The molecule has 1 amide bonds. The number of halogens is 1. The highest BCUT2D eigenvalue weighted by Crippen LogP contribution is 2.15. The zero-order chi connectivity index (χ0) is 19.0. The van der Waals surface area contributed by atoms with Crippen LogP contribution >= 0.6 is 11.6 Å². The molecule has 2 rings (SSSR count). The molecule has 0 radical (unpaired) electrons. The molecule has 6 nitrogen and oxygen atoms in total. The first kappa shape index (κ1) is 20.0. The number of amides is 1. The maximum absolute atomic E-state index is 11.8. The van der Waals surface area contributed by atoms with Gasteiger partial charge in [-0.25, -0.2) is 13.1 Å². The van der Waals surface area contributed by atoms with Crippen LogP contribution in [0.5, 0.6) is 5.75 Å². The Kier molecular flexibility index (Phi) is 7.20. The Labute approximate surface area is 157 Å². The van der Waals surface area contributed by atoms with E-state index < -0.39 is 10.0 Å². The summed E-state index contributed by atoms with van der Waals surface area (Å²) in [6, 6.07) is 13.2. The van der Waals surface area contributed by atoms with Crippen molar-refractivity contribution in [3.63, 3.8) is 0 Å². The molecule has 0 fully saturated rings. The fraction of sp³-hybridized carbons (Fsp3) is 0.167. The summed E-state index contributed by atoms with van der Waals surface area (Å²) >= 11 is 5.79. The molecule has 0 aliphatic carbocycles. The molecule has 0 saturated heterocycles. The average Bonchev–Trinajstić information content (AvgIpc) is 2.65. The maximum Gasteiger partial charge on any atom is 0.244 e. The Morgan fingerprint density at radius 3 is 2.38 bits per heavy atom. The van der Waals surface area contributed by atoms with E-state index in [0.717, 1.165) is 0 Å². The Bertz CT molecular complexity index is 863. The Morgan fingerprint density at radius 2 is 1.77 bits per heavy atom. The van der Waals surface area contributed by atoms with Gasteiger partial charge < -0.3 is 10.1 Å². The second-order valence-corrected chi connectivity index (χ2v) is 7.53. The Balaban J connectivity index is 1.77. The van der Waals surface area contributed by atoms with Crippen LogP contribution in [0.2, 0.25) is 5.02 Å². The summed E-state index contributed by atoms with van der Waals surface area (Å²) in [5, 5.41) is 3.33. The quantitative estimate of drug-likeness (QED) is 0.532. The second kappa shape index (κ2) is 9.38. The number of benzene rings is 2. The first-order valence-corrected chi connectivity index (χ1v) is 9.65. The third-order valence-electron chi connectivity index (χ3n) is 3.37. The van der Waals surface area contributed by atoms with Gasteiger partial charge in [0.2, 0.25) is 15.9 Å². The minimum Gasteiger partial charge on any atom is -0.492 e. The van der Waals surface area contributed by atoms with Gasteiger partial charge in [-0.1, -0.05) is 23.7 Å². The van der Waals surface area contributed by atoms with Gasteiger partial charge in [-0.05, 0) is 55.1 Å². The highest BCUT2D eigenvalue weighted by atomic mass is 35.5. The first-order chi connectivity index (χ1) is 12.4. The minimum absolute atomic E-state index is 0.168. The molecule has 0 aromatic heterocycles. The molecule has 0 aliphatic heterocycles. The predicted molar refractivity (Wildman–Crippen MR) is 102 cm³/mol. The van der Waals surface area contributed by atoms with Gasteiger partial charge in [0.05, 0.1) is 11.4 Å². The first-order valence-electron chi connectivity index (χ1n) is 7.78. The van der Waals surface area contributed by atoms with Crippen molar-refractivity contribution in [3.05, 3.63) is 65.2 Å². The fourth-order valence-corrected chi connectivity index (χ4v) is 2.84. The predicted octanol–water partition coefficient (Wildman–Crippen LogP) is 2.46. The third kappa shape index (κ3) is 6.18. The summed E-state index contributed by atoms with van der Waals surface area (Å²) in [5.74, 6) is 0.410. The molecule has 0 heterocycles. The zero-order valence-electron chi connectivity index (χ0n) is 14.1. The van der Waals surface area contributed by atoms with Gasteiger partial charge in [-0.15, -0.1) is 0 Å². The van der Waals surface area contributed by atoms with Crippen molar-refractivity contribution in [2.24, 2.45) is 0 Å². The molecular formula is C18H19ClN2O4S. The molecule has 2 N–H and O–H groups in total. The van der Waals surface area contributed by atoms with Gasteiger partial charge in [-0.3, -0.25) is 4.79 Å². The van der Waals surface area contributed by atoms with Gasteiger partial charge >= 0.3 is 0 Å². The van der Waals surface area contributed by atoms with Crippen LogP contribution in [0.3, 0.4) is 0 Å². The summed E-state index contributed by atoms with van der Waals surface area (Å²) in [7, 11) is -2.11. The van der Waals surface area contributed by atoms with Crippen molar-refractivity contribution in [1.82, 2.24) is 10.0 Å². The molecule has 138 valence electrons. The van der Waals surface area contributed by atoms with Gasteiger partial charge in [0.15, 0.2) is 0 Å². The number of hydrogen-bond donors (Lipinski definition) is 2. The highest BCUT2D eigenvalue weighted by Gasteiger charge is 2.09. The van der Waals surface area contributed by atoms with Crippen LogP contribution < -0.4 is 14.8 Å².